The van der Waals surface area contributed by atoms with Crippen molar-refractivity contribution in [3.8, 4) is 0 Å². The van der Waals surface area contributed by atoms with E-state index in [4.69, 9.17) is 11.6 Å². The van der Waals surface area contributed by atoms with Crippen LogP contribution in [-0.4, -0.2) is 55.0 Å². The molecule has 0 aromatic heterocycles. The molecular formula is C21H23ClFN3O. The van der Waals surface area contributed by atoms with Crippen LogP contribution in [-0.2, 0) is 4.79 Å². The van der Waals surface area contributed by atoms with E-state index in [1.165, 1.54) is 17.7 Å². The number of piperazine rings is 1. The molecule has 1 N–H and O–H groups in total. The highest BCUT2D eigenvalue weighted by Gasteiger charge is 2.20. The number of halogens is 2. The molecule has 1 fully saturated rings. The molecule has 1 heterocycles. The van der Waals surface area contributed by atoms with Crippen molar-refractivity contribution in [2.45, 2.75) is 0 Å². The van der Waals surface area contributed by atoms with Gasteiger partial charge in [0.2, 0.25) is 5.91 Å². The van der Waals surface area contributed by atoms with Gasteiger partial charge in [0.25, 0.3) is 0 Å². The van der Waals surface area contributed by atoms with Crippen LogP contribution in [0.5, 0.6) is 0 Å². The van der Waals surface area contributed by atoms with Gasteiger partial charge in [0.15, 0.2) is 0 Å². The fourth-order valence-electron chi connectivity index (χ4n) is 2.98. The summed E-state index contributed by atoms with van der Waals surface area (Å²) in [6.07, 6.45) is 4.28. The molecule has 0 saturated carbocycles. The predicted octanol–water partition coefficient (Wildman–Crippen LogP) is 3.75. The zero-order valence-electron chi connectivity index (χ0n) is 15.1. The predicted molar refractivity (Wildman–Crippen MR) is 108 cm³/mol. The van der Waals surface area contributed by atoms with E-state index in [2.05, 4.69) is 34.5 Å². The van der Waals surface area contributed by atoms with Crippen LogP contribution < -0.4 is 5.32 Å². The molecule has 4 nitrogen and oxygen atoms in total. The lowest BCUT2D eigenvalue weighted by Crippen LogP contribution is -2.50. The van der Waals surface area contributed by atoms with Gasteiger partial charge >= 0.3 is 0 Å². The number of hydrogen-bond acceptors (Lipinski definition) is 3. The molecule has 0 atom stereocenters. The Morgan fingerprint density at radius 3 is 2.56 bits per heavy atom. The summed E-state index contributed by atoms with van der Waals surface area (Å²) >= 11 is 5.75. The second kappa shape index (κ2) is 9.53. The number of carbonyl (C=O) groups excluding carboxylic acids is 1. The molecule has 2 aromatic rings. The Morgan fingerprint density at radius 2 is 1.85 bits per heavy atom. The molecule has 3 rings (SSSR count). The first-order chi connectivity index (χ1) is 13.1. The van der Waals surface area contributed by atoms with Crippen molar-refractivity contribution in [2.75, 3.05) is 44.6 Å². The molecule has 1 amide bonds. The average Bonchev–Trinajstić information content (AvgIpc) is 2.70. The molecule has 6 heteroatoms. The Hall–Kier alpha value is -2.37. The van der Waals surface area contributed by atoms with Gasteiger partial charge in [-0.05, 0) is 23.8 Å². The summed E-state index contributed by atoms with van der Waals surface area (Å²) in [5, 5.41) is 3.05. The van der Waals surface area contributed by atoms with Crippen LogP contribution >= 0.6 is 11.6 Å². The fraction of sp³-hybridized carbons (Fsp3) is 0.286. The van der Waals surface area contributed by atoms with Gasteiger partial charge in [-0.2, -0.15) is 0 Å². The normalized spacial score (nSPS) is 15.3. The number of carbonyl (C=O) groups is 1. The number of nitrogens with zero attached hydrogens (tertiary/aromatic N) is 2. The third-order valence-electron chi connectivity index (χ3n) is 4.56. The summed E-state index contributed by atoms with van der Waals surface area (Å²) in [5.41, 5.74) is 1.83. The Morgan fingerprint density at radius 1 is 1.11 bits per heavy atom. The average molecular weight is 388 g/mol. The van der Waals surface area contributed by atoms with E-state index in [0.29, 0.717) is 18.8 Å². The van der Waals surface area contributed by atoms with Crippen molar-refractivity contribution in [2.24, 2.45) is 0 Å². The van der Waals surface area contributed by atoms with Crippen molar-refractivity contribution in [3.63, 3.8) is 0 Å². The monoisotopic (exact) mass is 387 g/mol. The van der Waals surface area contributed by atoms with Crippen molar-refractivity contribution in [1.29, 1.82) is 0 Å². The maximum absolute atomic E-state index is 13.2. The molecule has 1 aliphatic heterocycles. The Labute approximate surface area is 164 Å². The minimum atomic E-state index is -0.467. The number of rotatable bonds is 6. The zero-order valence-corrected chi connectivity index (χ0v) is 15.8. The summed E-state index contributed by atoms with van der Waals surface area (Å²) in [6.45, 7) is 4.19. The third-order valence-corrected chi connectivity index (χ3v) is 4.85. The van der Waals surface area contributed by atoms with Gasteiger partial charge in [-0.1, -0.05) is 54.1 Å². The largest absolute Gasteiger partial charge is 0.376 e. The lowest BCUT2D eigenvalue weighted by atomic mass is 10.2. The summed E-state index contributed by atoms with van der Waals surface area (Å²) in [7, 11) is 0. The van der Waals surface area contributed by atoms with E-state index in [9.17, 15) is 9.18 Å². The van der Waals surface area contributed by atoms with Gasteiger partial charge in [-0.25, -0.2) is 4.39 Å². The van der Waals surface area contributed by atoms with Gasteiger partial charge in [-0.3, -0.25) is 9.69 Å². The van der Waals surface area contributed by atoms with Crippen molar-refractivity contribution in [3.05, 3.63) is 71.0 Å². The quantitative estimate of drug-likeness (QED) is 0.820. The molecule has 2 aromatic carbocycles. The van der Waals surface area contributed by atoms with Crippen LogP contribution in [0.25, 0.3) is 6.08 Å². The second-order valence-corrected chi connectivity index (χ2v) is 6.88. The molecule has 1 aliphatic rings. The van der Waals surface area contributed by atoms with Crippen LogP contribution in [0.15, 0.2) is 54.6 Å². The highest BCUT2D eigenvalue weighted by atomic mass is 35.5. The minimum absolute atomic E-state index is 0.0370. The van der Waals surface area contributed by atoms with E-state index < -0.39 is 5.82 Å². The number of amides is 1. The fourth-order valence-corrected chi connectivity index (χ4v) is 3.16. The van der Waals surface area contributed by atoms with E-state index in [1.54, 1.807) is 6.07 Å². The highest BCUT2D eigenvalue weighted by molar-refractivity contribution is 6.31. The standard InChI is InChI=1S/C21H23ClFN3O/c22-19-15-18(8-9-20(19)23)24-16-21(27)26-13-11-25(12-14-26)10-4-7-17-5-2-1-3-6-17/h1-9,15,24H,10-14,16H2/b7-4+. The number of nitrogens with one attached hydrogen (secondary N) is 1. The van der Waals surface area contributed by atoms with Crippen molar-refractivity contribution in [1.82, 2.24) is 9.80 Å². The number of benzene rings is 2. The van der Waals surface area contributed by atoms with Gasteiger partial charge < -0.3 is 10.2 Å². The first-order valence-electron chi connectivity index (χ1n) is 9.02. The van der Waals surface area contributed by atoms with Crippen molar-refractivity contribution >= 4 is 29.3 Å². The Bertz CT molecular complexity index is 789. The summed E-state index contributed by atoms with van der Waals surface area (Å²) < 4.78 is 13.2. The molecule has 142 valence electrons. The molecule has 0 aliphatic carbocycles. The van der Waals surface area contributed by atoms with Crippen molar-refractivity contribution < 1.29 is 9.18 Å². The van der Waals surface area contributed by atoms with E-state index in [-0.39, 0.29) is 17.5 Å². The first-order valence-corrected chi connectivity index (χ1v) is 9.40. The summed E-state index contributed by atoms with van der Waals surface area (Å²) in [6, 6.07) is 14.6. The lowest BCUT2D eigenvalue weighted by Gasteiger charge is -2.34. The molecule has 0 unspecified atom stereocenters. The van der Waals surface area contributed by atoms with E-state index in [1.807, 2.05) is 23.1 Å². The van der Waals surface area contributed by atoms with Gasteiger partial charge in [-0.15, -0.1) is 0 Å². The van der Waals surface area contributed by atoms with Gasteiger partial charge in [0.1, 0.15) is 5.82 Å². The second-order valence-electron chi connectivity index (χ2n) is 6.48. The maximum atomic E-state index is 13.2. The van der Waals surface area contributed by atoms with Crippen LogP contribution in [0.1, 0.15) is 5.56 Å². The summed E-state index contributed by atoms with van der Waals surface area (Å²) in [5.74, 6) is -0.430. The number of hydrogen-bond donors (Lipinski definition) is 1. The first kappa shape index (κ1) is 19.4. The number of anilines is 1. The molecule has 0 spiro atoms. The molecular weight excluding hydrogens is 365 g/mol. The van der Waals surface area contributed by atoms with Gasteiger partial charge in [0.05, 0.1) is 11.6 Å². The SMILES string of the molecule is O=C(CNc1ccc(F)c(Cl)c1)N1CCN(C/C=C/c2ccccc2)CC1. The molecule has 27 heavy (non-hydrogen) atoms. The highest BCUT2D eigenvalue weighted by Crippen LogP contribution is 2.19. The Kier molecular flexibility index (Phi) is 6.85. The smallest absolute Gasteiger partial charge is 0.241 e. The minimum Gasteiger partial charge on any atom is -0.376 e. The van der Waals surface area contributed by atoms with Crippen LogP contribution in [0.2, 0.25) is 5.02 Å². The summed E-state index contributed by atoms with van der Waals surface area (Å²) in [4.78, 5) is 16.5. The molecule has 1 saturated heterocycles. The molecule has 0 radical (unpaired) electrons. The van der Waals surface area contributed by atoms with Crippen LogP contribution in [0, 0.1) is 5.82 Å². The molecule has 0 bridgehead atoms. The zero-order chi connectivity index (χ0) is 19.1. The Balaban J connectivity index is 1.39. The maximum Gasteiger partial charge on any atom is 0.241 e. The van der Waals surface area contributed by atoms with Crippen LogP contribution in [0.4, 0.5) is 10.1 Å². The lowest BCUT2D eigenvalue weighted by molar-refractivity contribution is -0.130. The van der Waals surface area contributed by atoms with Gasteiger partial charge in [0, 0.05) is 38.4 Å². The van der Waals surface area contributed by atoms with Crippen LogP contribution in [0.3, 0.4) is 0 Å². The van der Waals surface area contributed by atoms with E-state index in [0.717, 1.165) is 19.6 Å². The van der Waals surface area contributed by atoms with E-state index >= 15 is 0 Å². The topological polar surface area (TPSA) is 35.6 Å². The third kappa shape index (κ3) is 5.81.